The molecule has 1 aliphatic rings. The van der Waals surface area contributed by atoms with Crippen LogP contribution in [0, 0.1) is 11.5 Å². The Labute approximate surface area is 161 Å². The van der Waals surface area contributed by atoms with Gasteiger partial charge in [0.25, 0.3) is 0 Å². The maximum atomic E-state index is 8.66. The summed E-state index contributed by atoms with van der Waals surface area (Å²) in [4.78, 5) is 24.4. The number of anilines is 1. The number of benzene rings is 1. The summed E-state index contributed by atoms with van der Waals surface area (Å²) < 4.78 is 5.24. The van der Waals surface area contributed by atoms with Crippen LogP contribution in [-0.2, 0) is 0 Å². The summed E-state index contributed by atoms with van der Waals surface area (Å²) in [7, 11) is 1.64. The first-order chi connectivity index (χ1) is 13.7. The van der Waals surface area contributed by atoms with Crippen LogP contribution < -0.4 is 15.4 Å². The van der Waals surface area contributed by atoms with E-state index < -0.39 is 0 Å². The van der Waals surface area contributed by atoms with Crippen molar-refractivity contribution in [2.45, 2.75) is 0 Å². The summed E-state index contributed by atoms with van der Waals surface area (Å²) >= 11 is 0. The molecular formula is C18H19N9O. The second-order valence-corrected chi connectivity index (χ2v) is 6.25. The highest BCUT2D eigenvalue weighted by Gasteiger charge is 2.22. The number of rotatable bonds is 3. The standard InChI is InChI=1S/C18H19N9O/c1-28-13-4-2-12(3-5-13)14-15-16(23-11-22-15)25-18(24-14)27-8-6-26(7-9-27)17(20)21-10-19/h2-5,11H,6-9H2,1H3,(H2,20,21)(H,22,23,24,25). The van der Waals surface area contributed by atoms with Gasteiger partial charge in [-0.3, -0.25) is 0 Å². The molecule has 3 heterocycles. The number of H-pyrrole nitrogens is 1. The lowest BCUT2D eigenvalue weighted by atomic mass is 10.1. The van der Waals surface area contributed by atoms with Gasteiger partial charge in [0.2, 0.25) is 18.1 Å². The summed E-state index contributed by atoms with van der Waals surface area (Å²) in [6, 6.07) is 7.72. The molecule has 1 fully saturated rings. The minimum atomic E-state index is 0.241. The fourth-order valence-corrected chi connectivity index (χ4v) is 3.18. The number of aliphatic imine (C=N–C) groups is 1. The first kappa shape index (κ1) is 17.5. The summed E-state index contributed by atoms with van der Waals surface area (Å²) in [5.74, 6) is 1.64. The zero-order valence-corrected chi connectivity index (χ0v) is 15.3. The Hall–Kier alpha value is -3.87. The van der Waals surface area contributed by atoms with E-state index in [4.69, 9.17) is 20.7 Å². The van der Waals surface area contributed by atoms with E-state index in [9.17, 15) is 0 Å². The predicted molar refractivity (Wildman–Crippen MR) is 105 cm³/mol. The number of aromatic nitrogens is 4. The molecule has 0 atom stereocenters. The number of nitrogens with two attached hydrogens (primary N) is 1. The molecule has 1 aliphatic heterocycles. The molecule has 0 amide bonds. The van der Waals surface area contributed by atoms with Crippen molar-refractivity contribution in [2.75, 3.05) is 38.2 Å². The average molecular weight is 377 g/mol. The largest absolute Gasteiger partial charge is 0.497 e. The van der Waals surface area contributed by atoms with E-state index in [0.29, 0.717) is 37.8 Å². The number of imidazole rings is 1. The molecule has 0 saturated carbocycles. The summed E-state index contributed by atoms with van der Waals surface area (Å²) in [5.41, 5.74) is 8.94. The lowest BCUT2D eigenvalue weighted by Gasteiger charge is -2.35. The van der Waals surface area contributed by atoms with Gasteiger partial charge in [0.15, 0.2) is 5.65 Å². The number of methoxy groups -OCH3 is 1. The number of ether oxygens (including phenoxy) is 1. The zero-order chi connectivity index (χ0) is 19.5. The quantitative estimate of drug-likeness (QED) is 0.392. The molecule has 4 rings (SSSR count). The normalized spacial score (nSPS) is 14.9. The Bertz CT molecular complexity index is 1040. The van der Waals surface area contributed by atoms with Crippen molar-refractivity contribution in [3.63, 3.8) is 0 Å². The van der Waals surface area contributed by atoms with Gasteiger partial charge in [-0.25, -0.2) is 9.97 Å². The van der Waals surface area contributed by atoms with Crippen LogP contribution in [-0.4, -0.2) is 64.1 Å². The first-order valence-corrected chi connectivity index (χ1v) is 8.77. The molecule has 2 aromatic heterocycles. The smallest absolute Gasteiger partial charge is 0.228 e. The lowest BCUT2D eigenvalue weighted by molar-refractivity contribution is 0.380. The third kappa shape index (κ3) is 3.25. The van der Waals surface area contributed by atoms with Crippen molar-refractivity contribution in [3.05, 3.63) is 30.6 Å². The molecule has 10 nitrogen and oxygen atoms in total. The van der Waals surface area contributed by atoms with Crippen molar-refractivity contribution in [3.8, 4) is 23.2 Å². The van der Waals surface area contributed by atoms with Gasteiger partial charge in [-0.05, 0) is 24.3 Å². The molecule has 28 heavy (non-hydrogen) atoms. The minimum Gasteiger partial charge on any atom is -0.497 e. The van der Waals surface area contributed by atoms with Crippen molar-refractivity contribution < 1.29 is 4.74 Å². The Morgan fingerprint density at radius 1 is 1.21 bits per heavy atom. The van der Waals surface area contributed by atoms with Crippen LogP contribution in [0.25, 0.3) is 22.4 Å². The number of aromatic amines is 1. The second kappa shape index (κ2) is 7.40. The van der Waals surface area contributed by atoms with Gasteiger partial charge in [0, 0.05) is 31.7 Å². The summed E-state index contributed by atoms with van der Waals surface area (Å²) in [5, 5.41) is 8.66. The molecule has 0 radical (unpaired) electrons. The highest BCUT2D eigenvalue weighted by Crippen LogP contribution is 2.28. The van der Waals surface area contributed by atoms with Gasteiger partial charge >= 0.3 is 0 Å². The average Bonchev–Trinajstić information content (AvgIpc) is 3.22. The van der Waals surface area contributed by atoms with Crippen molar-refractivity contribution >= 4 is 23.1 Å². The number of nitriles is 1. The van der Waals surface area contributed by atoms with E-state index in [1.807, 2.05) is 29.2 Å². The van der Waals surface area contributed by atoms with Gasteiger partial charge in [0.05, 0.1) is 13.4 Å². The molecule has 0 bridgehead atoms. The second-order valence-electron chi connectivity index (χ2n) is 6.25. The number of guanidine groups is 1. The van der Waals surface area contributed by atoms with E-state index in [0.717, 1.165) is 22.5 Å². The molecule has 0 aliphatic carbocycles. The van der Waals surface area contributed by atoms with E-state index in [2.05, 4.69) is 24.8 Å². The molecule has 3 aromatic rings. The maximum Gasteiger partial charge on any atom is 0.228 e. The van der Waals surface area contributed by atoms with Gasteiger partial charge in [-0.2, -0.15) is 10.2 Å². The van der Waals surface area contributed by atoms with E-state index in [1.54, 1.807) is 19.6 Å². The number of fused-ring (bicyclic) bond motifs is 1. The van der Waals surface area contributed by atoms with Gasteiger partial charge in [-0.15, -0.1) is 4.99 Å². The fraction of sp³-hybridized carbons (Fsp3) is 0.278. The van der Waals surface area contributed by atoms with Crippen LogP contribution in [0.15, 0.2) is 35.6 Å². The molecular weight excluding hydrogens is 358 g/mol. The maximum absolute atomic E-state index is 8.66. The molecule has 0 unspecified atom stereocenters. The highest BCUT2D eigenvalue weighted by molar-refractivity contribution is 5.88. The van der Waals surface area contributed by atoms with Gasteiger partial charge in [0.1, 0.15) is 17.0 Å². The predicted octanol–water partition coefficient (Wildman–Crippen LogP) is 0.946. The third-order valence-corrected chi connectivity index (χ3v) is 4.69. The summed E-state index contributed by atoms with van der Waals surface area (Å²) in [6.45, 7) is 2.60. The van der Waals surface area contributed by atoms with Gasteiger partial charge in [-0.1, -0.05) is 0 Å². The monoisotopic (exact) mass is 377 g/mol. The molecule has 10 heteroatoms. The molecule has 0 spiro atoms. The van der Waals surface area contributed by atoms with Crippen LogP contribution in [0.2, 0.25) is 0 Å². The third-order valence-electron chi connectivity index (χ3n) is 4.69. The van der Waals surface area contributed by atoms with E-state index in [1.165, 1.54) is 0 Å². The Kier molecular flexibility index (Phi) is 4.63. The van der Waals surface area contributed by atoms with Crippen LogP contribution >= 0.6 is 0 Å². The Morgan fingerprint density at radius 2 is 1.96 bits per heavy atom. The number of nitrogens with one attached hydrogen (secondary N) is 1. The molecule has 1 aromatic carbocycles. The number of piperazine rings is 1. The number of nitrogens with zero attached hydrogens (tertiary/aromatic N) is 7. The lowest BCUT2D eigenvalue weighted by Crippen LogP contribution is -2.51. The van der Waals surface area contributed by atoms with Crippen molar-refractivity contribution in [2.24, 2.45) is 10.7 Å². The SMILES string of the molecule is COc1ccc(-c2nc(N3CCN(C(N)=NC#N)CC3)nc3nc[nH]c23)cc1. The van der Waals surface area contributed by atoms with Crippen LogP contribution in [0.4, 0.5) is 5.95 Å². The van der Waals surface area contributed by atoms with E-state index >= 15 is 0 Å². The number of hydrogen-bond donors (Lipinski definition) is 2. The minimum absolute atomic E-state index is 0.241. The van der Waals surface area contributed by atoms with Crippen molar-refractivity contribution in [1.82, 2.24) is 24.8 Å². The van der Waals surface area contributed by atoms with Crippen LogP contribution in [0.3, 0.4) is 0 Å². The first-order valence-electron chi connectivity index (χ1n) is 8.77. The van der Waals surface area contributed by atoms with Crippen LogP contribution in [0.5, 0.6) is 5.75 Å². The fourth-order valence-electron chi connectivity index (χ4n) is 3.18. The molecule has 1 saturated heterocycles. The van der Waals surface area contributed by atoms with E-state index in [-0.39, 0.29) is 5.96 Å². The van der Waals surface area contributed by atoms with Crippen LogP contribution in [0.1, 0.15) is 0 Å². The topological polar surface area (TPSA) is 132 Å². The van der Waals surface area contributed by atoms with Crippen molar-refractivity contribution in [1.29, 1.82) is 5.26 Å². The summed E-state index contributed by atoms with van der Waals surface area (Å²) in [6.07, 6.45) is 3.34. The Morgan fingerprint density at radius 3 is 2.64 bits per heavy atom. The molecule has 3 N–H and O–H groups in total. The Balaban J connectivity index is 1.64. The van der Waals surface area contributed by atoms with Gasteiger partial charge < -0.3 is 25.3 Å². The number of hydrogen-bond acceptors (Lipinski definition) is 7. The molecule has 142 valence electrons. The zero-order valence-electron chi connectivity index (χ0n) is 15.3. The highest BCUT2D eigenvalue weighted by atomic mass is 16.5.